The number of hydrogen-bond donors (Lipinski definition) is 3. The van der Waals surface area contributed by atoms with E-state index >= 15 is 0 Å². The number of halogens is 2. The lowest BCUT2D eigenvalue weighted by molar-refractivity contribution is 0.102. The summed E-state index contributed by atoms with van der Waals surface area (Å²) in [7, 11) is -1.56. The minimum absolute atomic E-state index is 0.268. The van der Waals surface area contributed by atoms with Crippen LogP contribution in [0.2, 0.25) is 5.02 Å². The third-order valence-electron chi connectivity index (χ3n) is 3.87. The van der Waals surface area contributed by atoms with Crippen LogP contribution in [0.15, 0.2) is 65.8 Å². The molecule has 0 atom stereocenters. The lowest BCUT2D eigenvalue weighted by Gasteiger charge is -2.10. The molecule has 0 radical (unpaired) electrons. The van der Waals surface area contributed by atoms with E-state index in [0.717, 1.165) is 5.56 Å². The minimum Gasteiger partial charge on any atom is -0.423 e. The van der Waals surface area contributed by atoms with Crippen LogP contribution in [-0.4, -0.2) is 28.1 Å². The molecule has 2 aromatic carbocycles. The first kappa shape index (κ1) is 20.4. The van der Waals surface area contributed by atoms with Crippen molar-refractivity contribution in [2.24, 2.45) is 0 Å². The van der Waals surface area contributed by atoms with Crippen molar-refractivity contribution < 1.29 is 19.2 Å². The number of pyridine rings is 1. The Bertz CT molecular complexity index is 989. The maximum atomic E-state index is 12.9. The number of thioether (sulfide) groups is 1. The van der Waals surface area contributed by atoms with Gasteiger partial charge in [0.05, 0.1) is 10.6 Å². The third kappa shape index (κ3) is 5.11. The number of hydrogen-bond acceptors (Lipinski definition) is 5. The highest BCUT2D eigenvalue weighted by Crippen LogP contribution is 2.28. The molecule has 3 N–H and O–H groups in total. The Morgan fingerprint density at radius 1 is 1.18 bits per heavy atom. The van der Waals surface area contributed by atoms with Crippen molar-refractivity contribution >= 4 is 47.5 Å². The summed E-state index contributed by atoms with van der Waals surface area (Å²) in [5.74, 6) is -0.368. The highest BCUT2D eigenvalue weighted by atomic mass is 35.5. The molecule has 1 amide bonds. The maximum Gasteiger partial charge on any atom is 0.488 e. The highest BCUT2D eigenvalue weighted by molar-refractivity contribution is 7.98. The number of aromatic nitrogens is 1. The van der Waals surface area contributed by atoms with Crippen molar-refractivity contribution in [3.63, 3.8) is 0 Å². The van der Waals surface area contributed by atoms with Crippen molar-refractivity contribution in [2.75, 3.05) is 5.32 Å². The van der Waals surface area contributed by atoms with Gasteiger partial charge in [-0.3, -0.25) is 4.79 Å². The van der Waals surface area contributed by atoms with Crippen molar-refractivity contribution in [1.82, 2.24) is 4.98 Å². The van der Waals surface area contributed by atoms with Gasteiger partial charge in [0.15, 0.2) is 0 Å². The maximum absolute atomic E-state index is 12.9. The van der Waals surface area contributed by atoms with Crippen LogP contribution in [0.3, 0.4) is 0 Å². The molecule has 5 nitrogen and oxygen atoms in total. The minimum atomic E-state index is -1.56. The average Bonchev–Trinajstić information content (AvgIpc) is 2.69. The largest absolute Gasteiger partial charge is 0.488 e. The standard InChI is InChI=1S/C19H15BClFN2O3S/c21-17-9-13(18(25)24-15-7-5-14(22)6-8-15)10-23-19(17)28-11-12-3-1-2-4-16(12)20(26)27/h1-10,26-27H,11H2,(H,24,25). The number of nitrogens with zero attached hydrogens (tertiary/aromatic N) is 1. The monoisotopic (exact) mass is 416 g/mol. The van der Waals surface area contributed by atoms with E-state index in [1.54, 1.807) is 24.3 Å². The zero-order chi connectivity index (χ0) is 20.1. The Balaban J connectivity index is 1.69. The van der Waals surface area contributed by atoms with Gasteiger partial charge in [0.2, 0.25) is 0 Å². The van der Waals surface area contributed by atoms with Gasteiger partial charge in [0.25, 0.3) is 5.91 Å². The summed E-state index contributed by atoms with van der Waals surface area (Å²) < 4.78 is 12.9. The third-order valence-corrected chi connectivity index (χ3v) is 5.32. The Labute approximate surface area is 170 Å². The molecule has 0 fully saturated rings. The molecule has 3 aromatic rings. The van der Waals surface area contributed by atoms with Crippen LogP contribution in [0.4, 0.5) is 10.1 Å². The van der Waals surface area contributed by atoms with Crippen LogP contribution in [0.5, 0.6) is 0 Å². The fourth-order valence-electron chi connectivity index (χ4n) is 2.46. The van der Waals surface area contributed by atoms with E-state index in [-0.39, 0.29) is 11.4 Å². The highest BCUT2D eigenvalue weighted by Gasteiger charge is 2.16. The van der Waals surface area contributed by atoms with E-state index in [0.29, 0.717) is 27.0 Å². The van der Waals surface area contributed by atoms with Crippen molar-refractivity contribution in [3.8, 4) is 0 Å². The molecule has 28 heavy (non-hydrogen) atoms. The van der Waals surface area contributed by atoms with E-state index in [1.165, 1.54) is 48.3 Å². The van der Waals surface area contributed by atoms with Gasteiger partial charge in [-0.2, -0.15) is 0 Å². The van der Waals surface area contributed by atoms with Crippen LogP contribution in [0.1, 0.15) is 15.9 Å². The molecule has 0 spiro atoms. The quantitative estimate of drug-likeness (QED) is 0.425. The van der Waals surface area contributed by atoms with E-state index in [1.807, 2.05) is 0 Å². The lowest BCUT2D eigenvalue weighted by Crippen LogP contribution is -2.32. The number of amides is 1. The van der Waals surface area contributed by atoms with E-state index in [4.69, 9.17) is 11.6 Å². The fourth-order valence-corrected chi connectivity index (χ4v) is 3.67. The van der Waals surface area contributed by atoms with Crippen LogP contribution in [-0.2, 0) is 5.75 Å². The Morgan fingerprint density at radius 3 is 2.57 bits per heavy atom. The summed E-state index contributed by atoms with van der Waals surface area (Å²) in [6.07, 6.45) is 1.40. The molecule has 1 aromatic heterocycles. The number of rotatable bonds is 6. The number of anilines is 1. The Morgan fingerprint density at radius 2 is 1.89 bits per heavy atom. The first-order valence-corrected chi connectivity index (χ1v) is 9.59. The summed E-state index contributed by atoms with van der Waals surface area (Å²) in [5.41, 5.74) is 1.89. The smallest absolute Gasteiger partial charge is 0.423 e. The topological polar surface area (TPSA) is 82.5 Å². The van der Waals surface area contributed by atoms with Gasteiger partial charge in [0, 0.05) is 17.6 Å². The number of nitrogens with one attached hydrogen (secondary N) is 1. The zero-order valence-electron chi connectivity index (χ0n) is 14.5. The molecular weight excluding hydrogens is 402 g/mol. The number of benzene rings is 2. The van der Waals surface area contributed by atoms with Crippen LogP contribution in [0.25, 0.3) is 0 Å². The molecule has 142 valence electrons. The predicted octanol–water partition coefficient (Wildman–Crippen LogP) is 3.10. The Hall–Kier alpha value is -2.39. The number of carbonyl (C=O) groups is 1. The Kier molecular flexibility index (Phi) is 6.69. The van der Waals surface area contributed by atoms with Crippen LogP contribution >= 0.6 is 23.4 Å². The van der Waals surface area contributed by atoms with E-state index < -0.39 is 13.0 Å². The molecule has 0 unspecified atom stereocenters. The van der Waals surface area contributed by atoms with Crippen molar-refractivity contribution in [1.29, 1.82) is 0 Å². The van der Waals surface area contributed by atoms with Gasteiger partial charge >= 0.3 is 7.12 Å². The predicted molar refractivity (Wildman–Crippen MR) is 109 cm³/mol. The molecule has 1 heterocycles. The molecular formula is C19H15BClFN2O3S. The molecule has 9 heteroatoms. The van der Waals surface area contributed by atoms with Gasteiger partial charge in [-0.15, -0.1) is 11.8 Å². The van der Waals surface area contributed by atoms with E-state index in [2.05, 4.69) is 10.3 Å². The second-order valence-electron chi connectivity index (χ2n) is 5.83. The molecule has 0 aliphatic rings. The fraction of sp³-hybridized carbons (Fsp3) is 0.0526. The normalized spacial score (nSPS) is 10.6. The summed E-state index contributed by atoms with van der Waals surface area (Å²) in [6, 6.07) is 13.9. The molecule has 0 aliphatic carbocycles. The van der Waals surface area contributed by atoms with Crippen LogP contribution in [0, 0.1) is 5.82 Å². The summed E-state index contributed by atoms with van der Waals surface area (Å²) in [5, 5.41) is 22.3. The van der Waals surface area contributed by atoms with Gasteiger partial charge in [0.1, 0.15) is 10.8 Å². The summed E-state index contributed by atoms with van der Waals surface area (Å²) in [4.78, 5) is 16.5. The first-order valence-electron chi connectivity index (χ1n) is 8.23. The van der Waals surface area contributed by atoms with E-state index in [9.17, 15) is 19.2 Å². The van der Waals surface area contributed by atoms with Gasteiger partial charge in [-0.05, 0) is 41.4 Å². The molecule has 0 saturated heterocycles. The summed E-state index contributed by atoms with van der Waals surface area (Å²) in [6.45, 7) is 0. The SMILES string of the molecule is O=C(Nc1ccc(F)cc1)c1cnc(SCc2ccccc2B(O)O)c(Cl)c1. The second kappa shape index (κ2) is 9.21. The molecule has 0 bridgehead atoms. The van der Waals surface area contributed by atoms with Gasteiger partial charge in [-0.25, -0.2) is 9.37 Å². The first-order chi connectivity index (χ1) is 13.4. The second-order valence-corrected chi connectivity index (χ2v) is 7.20. The van der Waals surface area contributed by atoms with Gasteiger partial charge < -0.3 is 15.4 Å². The average molecular weight is 417 g/mol. The lowest BCUT2D eigenvalue weighted by atomic mass is 9.77. The van der Waals surface area contributed by atoms with Gasteiger partial charge in [-0.1, -0.05) is 35.9 Å². The van der Waals surface area contributed by atoms with Crippen molar-refractivity contribution in [2.45, 2.75) is 10.8 Å². The zero-order valence-corrected chi connectivity index (χ0v) is 16.0. The molecule has 0 saturated carbocycles. The number of carbonyl (C=O) groups excluding carboxylic acids is 1. The molecule has 3 rings (SSSR count). The summed E-state index contributed by atoms with van der Waals surface area (Å²) >= 11 is 7.57. The molecule has 0 aliphatic heterocycles. The van der Waals surface area contributed by atoms with Crippen LogP contribution < -0.4 is 10.8 Å². The van der Waals surface area contributed by atoms with Crippen molar-refractivity contribution in [3.05, 3.63) is 82.8 Å².